The van der Waals surface area contributed by atoms with Gasteiger partial charge in [0.1, 0.15) is 11.4 Å². The van der Waals surface area contributed by atoms with Crippen molar-refractivity contribution < 1.29 is 4.74 Å². The highest BCUT2D eigenvalue weighted by Gasteiger charge is 2.44. The maximum atomic E-state index is 6.21. The minimum Gasteiger partial charge on any atom is -0.492 e. The Balaban J connectivity index is 0.00000144. The quantitative estimate of drug-likeness (QED) is 0.782. The van der Waals surface area contributed by atoms with Crippen LogP contribution in [0.2, 0.25) is 0 Å². The Hall–Kier alpha value is -0.380. The van der Waals surface area contributed by atoms with Gasteiger partial charge in [0.25, 0.3) is 0 Å². The molecule has 0 aromatic carbocycles. The fraction of sp³-hybridized carbons (Fsp3) is 0.692. The molecule has 0 bridgehead atoms. The third-order valence-corrected chi connectivity index (χ3v) is 3.62. The summed E-state index contributed by atoms with van der Waals surface area (Å²) >= 11 is 0. The van der Waals surface area contributed by atoms with Crippen molar-refractivity contribution in [3.05, 3.63) is 23.1 Å². The summed E-state index contributed by atoms with van der Waals surface area (Å²) in [7, 11) is 0. The molecule has 5 heteroatoms. The third-order valence-electron chi connectivity index (χ3n) is 3.62. The van der Waals surface area contributed by atoms with Gasteiger partial charge in [-0.25, -0.2) is 0 Å². The molecule has 0 aromatic heterocycles. The summed E-state index contributed by atoms with van der Waals surface area (Å²) in [5.41, 5.74) is 13.9. The van der Waals surface area contributed by atoms with Crippen molar-refractivity contribution in [3.63, 3.8) is 0 Å². The summed E-state index contributed by atoms with van der Waals surface area (Å²) in [6.45, 7) is 8.97. The van der Waals surface area contributed by atoms with E-state index in [0.717, 1.165) is 23.5 Å². The van der Waals surface area contributed by atoms with Crippen LogP contribution in [0.15, 0.2) is 23.1 Å². The van der Waals surface area contributed by atoms with Crippen LogP contribution in [0.1, 0.15) is 34.1 Å². The molecule has 106 valence electrons. The van der Waals surface area contributed by atoms with E-state index in [2.05, 4.69) is 33.8 Å². The molecule has 4 N–H and O–H groups in total. The molecule has 1 aliphatic heterocycles. The minimum absolute atomic E-state index is 0. The summed E-state index contributed by atoms with van der Waals surface area (Å²) in [6, 6.07) is 0. The summed E-state index contributed by atoms with van der Waals surface area (Å²) in [5.74, 6) is 1.36. The summed E-state index contributed by atoms with van der Waals surface area (Å²) in [5, 5.41) is 0. The largest absolute Gasteiger partial charge is 0.492 e. The number of fused-ring (bicyclic) bond motifs is 1. The Kier molecular flexibility index (Phi) is 5.20. The van der Waals surface area contributed by atoms with Crippen LogP contribution in [0.25, 0.3) is 0 Å². The molecule has 1 saturated heterocycles. The van der Waals surface area contributed by atoms with Crippen molar-refractivity contribution in [2.24, 2.45) is 22.8 Å². The molecule has 18 heavy (non-hydrogen) atoms. The second-order valence-electron chi connectivity index (χ2n) is 6.03. The van der Waals surface area contributed by atoms with Crippen molar-refractivity contribution in [2.75, 3.05) is 6.54 Å². The number of ether oxygens (including phenoxy) is 1. The van der Waals surface area contributed by atoms with Gasteiger partial charge in [0.2, 0.25) is 0 Å². The van der Waals surface area contributed by atoms with Crippen molar-refractivity contribution in [1.29, 1.82) is 0 Å². The monoisotopic (exact) mass is 294 g/mol. The standard InChI is InChI=1S/C13H22N2O.2ClH/c1-12(2)6-10-8(5-13(3,4)16-10)9(7-14)11(12)15;;/h6,8H,5,7,14-15H2,1-4H3;2*1H. The van der Waals surface area contributed by atoms with Gasteiger partial charge in [-0.1, -0.05) is 13.8 Å². The van der Waals surface area contributed by atoms with Crippen molar-refractivity contribution >= 4 is 24.8 Å². The van der Waals surface area contributed by atoms with Gasteiger partial charge in [-0.05, 0) is 25.5 Å². The molecule has 1 unspecified atom stereocenters. The first-order chi connectivity index (χ1) is 7.27. The van der Waals surface area contributed by atoms with Gasteiger partial charge in [-0.15, -0.1) is 24.8 Å². The molecule has 2 rings (SSSR count). The first kappa shape index (κ1) is 17.6. The lowest BCUT2D eigenvalue weighted by Crippen LogP contribution is -2.31. The summed E-state index contributed by atoms with van der Waals surface area (Å²) < 4.78 is 5.98. The molecule has 0 amide bonds. The Morgan fingerprint density at radius 2 is 1.83 bits per heavy atom. The Morgan fingerprint density at radius 1 is 1.28 bits per heavy atom. The molecular weight excluding hydrogens is 271 g/mol. The van der Waals surface area contributed by atoms with Gasteiger partial charge in [-0.2, -0.15) is 0 Å². The van der Waals surface area contributed by atoms with E-state index >= 15 is 0 Å². The average molecular weight is 295 g/mol. The first-order valence-corrected chi connectivity index (χ1v) is 5.88. The van der Waals surface area contributed by atoms with Crippen LogP contribution in [-0.2, 0) is 4.74 Å². The fourth-order valence-corrected chi connectivity index (χ4v) is 2.74. The number of halogens is 2. The summed E-state index contributed by atoms with van der Waals surface area (Å²) in [4.78, 5) is 0. The Labute approximate surface area is 122 Å². The highest BCUT2D eigenvalue weighted by molar-refractivity contribution is 5.85. The van der Waals surface area contributed by atoms with Gasteiger partial charge in [-0.3, -0.25) is 0 Å². The van der Waals surface area contributed by atoms with Gasteiger partial charge >= 0.3 is 0 Å². The first-order valence-electron chi connectivity index (χ1n) is 5.88. The molecule has 0 spiro atoms. The highest BCUT2D eigenvalue weighted by atomic mass is 35.5. The molecule has 1 fully saturated rings. The maximum Gasteiger partial charge on any atom is 0.104 e. The zero-order valence-electron chi connectivity index (χ0n) is 11.4. The topological polar surface area (TPSA) is 61.3 Å². The van der Waals surface area contributed by atoms with Crippen molar-refractivity contribution in [3.8, 4) is 0 Å². The average Bonchev–Trinajstić information content (AvgIpc) is 2.40. The van der Waals surface area contributed by atoms with Crippen LogP contribution in [0, 0.1) is 11.3 Å². The third kappa shape index (κ3) is 2.79. The second-order valence-corrected chi connectivity index (χ2v) is 6.03. The van der Waals surface area contributed by atoms with Gasteiger partial charge in [0.05, 0.1) is 0 Å². The molecule has 3 nitrogen and oxygen atoms in total. The summed E-state index contributed by atoms with van der Waals surface area (Å²) in [6.07, 6.45) is 3.13. The number of nitrogens with two attached hydrogens (primary N) is 2. The molecule has 1 aliphatic carbocycles. The smallest absolute Gasteiger partial charge is 0.104 e. The number of rotatable bonds is 1. The Bertz CT molecular complexity index is 386. The van der Waals surface area contributed by atoms with Crippen LogP contribution in [0.3, 0.4) is 0 Å². The van der Waals surface area contributed by atoms with Crippen molar-refractivity contribution in [1.82, 2.24) is 0 Å². The highest BCUT2D eigenvalue weighted by Crippen LogP contribution is 2.48. The van der Waals surface area contributed by atoms with Crippen LogP contribution in [0.4, 0.5) is 0 Å². The van der Waals surface area contributed by atoms with E-state index in [4.69, 9.17) is 16.2 Å². The zero-order valence-corrected chi connectivity index (χ0v) is 13.1. The van der Waals surface area contributed by atoms with Gasteiger partial charge in [0, 0.05) is 30.0 Å². The number of allylic oxidation sites excluding steroid dienone is 2. The number of hydrogen-bond donors (Lipinski definition) is 2. The van der Waals surface area contributed by atoms with E-state index in [1.165, 1.54) is 0 Å². The lowest BCUT2D eigenvalue weighted by atomic mass is 9.75. The lowest BCUT2D eigenvalue weighted by molar-refractivity contribution is 0.0748. The molecule has 0 saturated carbocycles. The van der Waals surface area contributed by atoms with E-state index in [0.29, 0.717) is 12.5 Å². The predicted molar refractivity (Wildman–Crippen MR) is 79.9 cm³/mol. The van der Waals surface area contributed by atoms with E-state index in [1.54, 1.807) is 0 Å². The van der Waals surface area contributed by atoms with Crippen LogP contribution in [0.5, 0.6) is 0 Å². The van der Waals surface area contributed by atoms with E-state index in [1.807, 2.05) is 0 Å². The minimum atomic E-state index is -0.138. The maximum absolute atomic E-state index is 6.21. The van der Waals surface area contributed by atoms with Crippen molar-refractivity contribution in [2.45, 2.75) is 39.7 Å². The molecule has 0 radical (unpaired) electrons. The van der Waals surface area contributed by atoms with Gasteiger partial charge in [0.15, 0.2) is 0 Å². The molecule has 0 aromatic rings. The molecule has 1 atom stereocenters. The van der Waals surface area contributed by atoms with Crippen LogP contribution < -0.4 is 11.5 Å². The molecular formula is C13H24Cl2N2O. The lowest BCUT2D eigenvalue weighted by Gasteiger charge is -2.32. The van der Waals surface area contributed by atoms with E-state index < -0.39 is 0 Å². The SMILES string of the molecule is CC1(C)CC2C(=CC(C)(C)C(N)=C2CN)O1.Cl.Cl. The second kappa shape index (κ2) is 5.32. The normalized spacial score (nSPS) is 27.4. The zero-order chi connectivity index (χ0) is 12.1. The van der Waals surface area contributed by atoms with Gasteiger partial charge < -0.3 is 16.2 Å². The van der Waals surface area contributed by atoms with E-state index in [9.17, 15) is 0 Å². The molecule has 1 heterocycles. The predicted octanol–water partition coefficient (Wildman–Crippen LogP) is 2.74. The van der Waals surface area contributed by atoms with Crippen LogP contribution in [-0.4, -0.2) is 12.1 Å². The molecule has 2 aliphatic rings. The Morgan fingerprint density at radius 3 is 2.33 bits per heavy atom. The van der Waals surface area contributed by atoms with E-state index in [-0.39, 0.29) is 35.8 Å². The fourth-order valence-electron chi connectivity index (χ4n) is 2.74. The number of hydrogen-bond acceptors (Lipinski definition) is 3. The van der Waals surface area contributed by atoms with Crippen LogP contribution >= 0.6 is 24.8 Å².